The van der Waals surface area contributed by atoms with Crippen LogP contribution in [0.5, 0.6) is 0 Å². The third kappa shape index (κ3) is 5.40. The molecule has 1 aliphatic heterocycles. The predicted octanol–water partition coefficient (Wildman–Crippen LogP) is 2.15. The van der Waals surface area contributed by atoms with Crippen LogP contribution in [0.1, 0.15) is 23.5 Å². The fraction of sp³-hybridized carbons (Fsp3) is 0.500. The van der Waals surface area contributed by atoms with E-state index in [-0.39, 0.29) is 11.8 Å². The number of aryl methyl sites for hydroxylation is 2. The summed E-state index contributed by atoms with van der Waals surface area (Å²) in [5.41, 5.74) is 0. The number of amides is 2. The van der Waals surface area contributed by atoms with Gasteiger partial charge in [-0.25, -0.2) is 0 Å². The number of anilines is 1. The summed E-state index contributed by atoms with van der Waals surface area (Å²) in [6.45, 7) is 5.53. The predicted molar refractivity (Wildman–Crippen MR) is 100 cm³/mol. The number of piperazine rings is 1. The highest BCUT2D eigenvalue weighted by Gasteiger charge is 2.21. The van der Waals surface area contributed by atoms with Gasteiger partial charge in [-0.15, -0.1) is 11.3 Å². The summed E-state index contributed by atoms with van der Waals surface area (Å²) < 4.78 is 4.93. The number of nitrogens with one attached hydrogen (secondary N) is 1. The van der Waals surface area contributed by atoms with Gasteiger partial charge in [0.1, 0.15) is 5.76 Å². The Morgan fingerprint density at radius 1 is 1.27 bits per heavy atom. The first-order valence-corrected chi connectivity index (χ1v) is 9.74. The maximum Gasteiger partial charge on any atom is 0.226 e. The molecule has 3 rings (SSSR count). The van der Waals surface area contributed by atoms with Crippen molar-refractivity contribution in [2.45, 2.75) is 26.2 Å². The first kappa shape index (κ1) is 18.6. The number of nitrogens with zero attached hydrogens (tertiary/aromatic N) is 3. The van der Waals surface area contributed by atoms with Crippen molar-refractivity contribution in [3.63, 3.8) is 0 Å². The Balaban J connectivity index is 1.33. The lowest BCUT2D eigenvalue weighted by molar-refractivity contribution is -0.133. The van der Waals surface area contributed by atoms with Crippen molar-refractivity contribution in [2.24, 2.45) is 0 Å². The Hall–Kier alpha value is -2.19. The SMILES string of the molecule is Cc1cc(NC(=O)CCN2CCN(C(=O)CCc3cccs3)CC2)no1. The molecule has 1 N–H and O–H groups in total. The van der Waals surface area contributed by atoms with Crippen LogP contribution in [0, 0.1) is 6.92 Å². The molecule has 0 saturated carbocycles. The van der Waals surface area contributed by atoms with Gasteiger partial charge >= 0.3 is 0 Å². The largest absolute Gasteiger partial charge is 0.360 e. The summed E-state index contributed by atoms with van der Waals surface area (Å²) in [5.74, 6) is 1.26. The van der Waals surface area contributed by atoms with E-state index in [9.17, 15) is 9.59 Å². The van der Waals surface area contributed by atoms with Crippen molar-refractivity contribution in [1.29, 1.82) is 0 Å². The normalized spacial score (nSPS) is 15.2. The van der Waals surface area contributed by atoms with Crippen LogP contribution in [0.4, 0.5) is 5.82 Å². The fourth-order valence-corrected chi connectivity index (χ4v) is 3.66. The molecule has 0 aromatic carbocycles. The van der Waals surface area contributed by atoms with Crippen molar-refractivity contribution in [1.82, 2.24) is 15.0 Å². The molecule has 8 heteroatoms. The number of carbonyl (C=O) groups excluding carboxylic acids is 2. The lowest BCUT2D eigenvalue weighted by atomic mass is 10.2. The minimum absolute atomic E-state index is 0.0762. The smallest absolute Gasteiger partial charge is 0.226 e. The molecular weight excluding hydrogens is 352 g/mol. The number of hydrogen-bond donors (Lipinski definition) is 1. The number of aromatic nitrogens is 1. The van der Waals surface area contributed by atoms with E-state index in [0.29, 0.717) is 31.0 Å². The highest BCUT2D eigenvalue weighted by molar-refractivity contribution is 7.09. The summed E-state index contributed by atoms with van der Waals surface area (Å²) in [4.78, 5) is 29.7. The van der Waals surface area contributed by atoms with Gasteiger partial charge < -0.3 is 14.7 Å². The van der Waals surface area contributed by atoms with Gasteiger partial charge in [0, 0.05) is 56.5 Å². The van der Waals surface area contributed by atoms with Gasteiger partial charge in [0.05, 0.1) is 0 Å². The molecule has 7 nitrogen and oxygen atoms in total. The van der Waals surface area contributed by atoms with Crippen LogP contribution < -0.4 is 5.32 Å². The maximum atomic E-state index is 12.3. The zero-order valence-corrected chi connectivity index (χ0v) is 15.8. The van der Waals surface area contributed by atoms with Crippen LogP contribution >= 0.6 is 11.3 Å². The van der Waals surface area contributed by atoms with Gasteiger partial charge in [0.25, 0.3) is 0 Å². The Kier molecular flexibility index (Phi) is 6.40. The number of rotatable bonds is 7. The molecule has 0 atom stereocenters. The van der Waals surface area contributed by atoms with E-state index in [2.05, 4.69) is 21.4 Å². The first-order valence-electron chi connectivity index (χ1n) is 8.86. The van der Waals surface area contributed by atoms with Gasteiger partial charge in [-0.1, -0.05) is 11.2 Å². The second-order valence-corrected chi connectivity index (χ2v) is 7.46. The molecule has 1 aliphatic rings. The molecule has 2 aromatic rings. The van der Waals surface area contributed by atoms with Crippen LogP contribution in [-0.2, 0) is 16.0 Å². The number of hydrogen-bond acceptors (Lipinski definition) is 6. The number of carbonyl (C=O) groups is 2. The van der Waals surface area contributed by atoms with Crippen LogP contribution in [-0.4, -0.2) is 59.5 Å². The molecule has 0 aliphatic carbocycles. The molecule has 0 spiro atoms. The van der Waals surface area contributed by atoms with E-state index in [4.69, 9.17) is 4.52 Å². The second kappa shape index (κ2) is 8.95. The minimum Gasteiger partial charge on any atom is -0.360 e. The van der Waals surface area contributed by atoms with E-state index in [1.807, 2.05) is 16.3 Å². The van der Waals surface area contributed by atoms with Gasteiger partial charge in [0.2, 0.25) is 11.8 Å². The molecule has 26 heavy (non-hydrogen) atoms. The van der Waals surface area contributed by atoms with Crippen LogP contribution in [0.3, 0.4) is 0 Å². The van der Waals surface area contributed by atoms with E-state index >= 15 is 0 Å². The van der Waals surface area contributed by atoms with Gasteiger partial charge in [-0.2, -0.15) is 0 Å². The molecule has 1 fully saturated rings. The van der Waals surface area contributed by atoms with Crippen LogP contribution in [0.15, 0.2) is 28.1 Å². The quantitative estimate of drug-likeness (QED) is 0.801. The summed E-state index contributed by atoms with van der Waals surface area (Å²) >= 11 is 1.70. The molecule has 2 aromatic heterocycles. The van der Waals surface area contributed by atoms with Crippen molar-refractivity contribution >= 4 is 29.0 Å². The van der Waals surface area contributed by atoms with E-state index in [0.717, 1.165) is 32.6 Å². The van der Waals surface area contributed by atoms with Crippen LogP contribution in [0.25, 0.3) is 0 Å². The monoisotopic (exact) mass is 376 g/mol. The fourth-order valence-electron chi connectivity index (χ4n) is 2.95. The van der Waals surface area contributed by atoms with Crippen molar-refractivity contribution in [3.05, 3.63) is 34.2 Å². The lowest BCUT2D eigenvalue weighted by Crippen LogP contribution is -2.49. The standard InChI is InChI=1S/C18H24N4O3S/c1-14-13-16(20-25-14)19-17(23)6-7-21-8-10-22(11-9-21)18(24)5-4-15-3-2-12-26-15/h2-3,12-13H,4-11H2,1H3,(H,19,20,23). The molecule has 2 amide bonds. The zero-order chi connectivity index (χ0) is 18.4. The molecular formula is C18H24N4O3S. The Bertz CT molecular complexity index is 721. The summed E-state index contributed by atoms with van der Waals surface area (Å²) in [5, 5.41) is 8.52. The van der Waals surface area contributed by atoms with E-state index in [1.54, 1.807) is 24.3 Å². The molecule has 0 radical (unpaired) electrons. The third-order valence-corrected chi connectivity index (χ3v) is 5.38. The average Bonchev–Trinajstić information content (AvgIpc) is 3.30. The minimum atomic E-state index is -0.0762. The third-order valence-electron chi connectivity index (χ3n) is 4.44. The van der Waals surface area contributed by atoms with E-state index in [1.165, 1.54) is 4.88 Å². The summed E-state index contributed by atoms with van der Waals surface area (Å²) in [7, 11) is 0. The van der Waals surface area contributed by atoms with E-state index < -0.39 is 0 Å². The van der Waals surface area contributed by atoms with Crippen molar-refractivity contribution in [3.8, 4) is 0 Å². The summed E-state index contributed by atoms with van der Waals surface area (Å²) in [6.07, 6.45) is 1.79. The molecule has 0 unspecified atom stereocenters. The zero-order valence-electron chi connectivity index (χ0n) is 14.9. The highest BCUT2D eigenvalue weighted by Crippen LogP contribution is 2.13. The molecule has 140 valence electrons. The molecule has 3 heterocycles. The Labute approximate surface area is 156 Å². The van der Waals surface area contributed by atoms with Gasteiger partial charge in [0.15, 0.2) is 5.82 Å². The summed E-state index contributed by atoms with van der Waals surface area (Å²) in [6, 6.07) is 5.78. The lowest BCUT2D eigenvalue weighted by Gasteiger charge is -2.34. The topological polar surface area (TPSA) is 78.7 Å². The Morgan fingerprint density at radius 2 is 2.08 bits per heavy atom. The Morgan fingerprint density at radius 3 is 2.73 bits per heavy atom. The number of thiophene rings is 1. The van der Waals surface area contributed by atoms with Crippen molar-refractivity contribution in [2.75, 3.05) is 38.0 Å². The second-order valence-electron chi connectivity index (χ2n) is 6.42. The van der Waals surface area contributed by atoms with Gasteiger partial charge in [-0.3, -0.25) is 14.5 Å². The first-order chi connectivity index (χ1) is 12.6. The van der Waals surface area contributed by atoms with Gasteiger partial charge in [-0.05, 0) is 24.8 Å². The maximum absolute atomic E-state index is 12.3. The average molecular weight is 376 g/mol. The molecule has 1 saturated heterocycles. The van der Waals surface area contributed by atoms with Crippen LogP contribution in [0.2, 0.25) is 0 Å². The highest BCUT2D eigenvalue weighted by atomic mass is 32.1. The van der Waals surface area contributed by atoms with Crippen molar-refractivity contribution < 1.29 is 14.1 Å². The molecule has 0 bridgehead atoms.